The van der Waals surface area contributed by atoms with Crippen molar-refractivity contribution in [1.29, 1.82) is 0 Å². The number of carbonyl (C=O) groups is 3. The fourth-order valence-electron chi connectivity index (χ4n) is 5.11. The van der Waals surface area contributed by atoms with Crippen molar-refractivity contribution in [3.05, 3.63) is 58.5 Å². The molecule has 14 heteroatoms. The molecule has 0 saturated heterocycles. The number of anilines is 2. The first-order valence-electron chi connectivity index (χ1n) is 14.4. The Morgan fingerprint density at radius 3 is 2.45 bits per heavy atom. The first-order chi connectivity index (χ1) is 20.9. The second-order valence-corrected chi connectivity index (χ2v) is 12.1. The molecule has 0 aliphatic carbocycles. The molecule has 2 aliphatic heterocycles. The monoisotopic (exact) mass is 666 g/mol. The van der Waals surface area contributed by atoms with Gasteiger partial charge in [0.25, 0.3) is 5.91 Å². The highest BCUT2D eigenvalue weighted by Gasteiger charge is 2.45. The summed E-state index contributed by atoms with van der Waals surface area (Å²) in [5.41, 5.74) is 1.27. The standard InChI is InChI=1S/C30H37Cl3N6O5/c1-5-38-22-9-8-21(18-23(22)36(4)28(41)30(2,3)29(38)42)43-17-7-16-37(19-20-10-13-34-14-11-20)15-6-12-35-27(40)25-24(31)26(32)39(33)44-25/h8-11,13-14,18,25H,5-7,12,15-17,19H2,1-4H3,(H,35,40). The zero-order chi connectivity index (χ0) is 32.0. The van der Waals surface area contributed by atoms with Gasteiger partial charge in [0.15, 0.2) is 5.16 Å². The molecule has 4 rings (SSSR count). The molecule has 0 saturated carbocycles. The van der Waals surface area contributed by atoms with Crippen molar-refractivity contribution in [1.82, 2.24) is 19.8 Å². The summed E-state index contributed by atoms with van der Waals surface area (Å²) in [5.74, 6) is -0.294. The van der Waals surface area contributed by atoms with E-state index in [-0.39, 0.29) is 22.0 Å². The number of halogens is 3. The minimum Gasteiger partial charge on any atom is -0.493 e. The van der Waals surface area contributed by atoms with Crippen LogP contribution in [0.5, 0.6) is 5.75 Å². The van der Waals surface area contributed by atoms with Gasteiger partial charge in [-0.1, -0.05) is 23.2 Å². The SMILES string of the molecule is CCN1C(=O)C(C)(C)C(=O)N(C)c2cc(OCCCN(CCCNC(=O)C3ON(Cl)C(Cl)=C3Cl)Cc3ccncc3)ccc21. The Morgan fingerprint density at radius 1 is 1.09 bits per heavy atom. The fraction of sp³-hybridized carbons (Fsp3) is 0.467. The van der Waals surface area contributed by atoms with Crippen molar-refractivity contribution in [2.45, 2.75) is 46.3 Å². The summed E-state index contributed by atoms with van der Waals surface area (Å²) in [4.78, 5) is 53.5. The number of ether oxygens (including phenoxy) is 1. The molecule has 0 radical (unpaired) electrons. The highest BCUT2D eigenvalue weighted by molar-refractivity contribution is 6.42. The van der Waals surface area contributed by atoms with Crippen LogP contribution >= 0.6 is 35.0 Å². The number of fused-ring (bicyclic) bond motifs is 1. The predicted molar refractivity (Wildman–Crippen MR) is 170 cm³/mol. The third kappa shape index (κ3) is 7.58. The van der Waals surface area contributed by atoms with E-state index in [0.717, 1.165) is 23.1 Å². The normalized spacial score (nSPS) is 18.2. The molecule has 0 spiro atoms. The van der Waals surface area contributed by atoms with E-state index >= 15 is 0 Å². The van der Waals surface area contributed by atoms with Crippen LogP contribution in [0.1, 0.15) is 39.2 Å². The van der Waals surface area contributed by atoms with Crippen LogP contribution in [0, 0.1) is 5.41 Å². The van der Waals surface area contributed by atoms with Gasteiger partial charge < -0.3 is 19.9 Å². The molecule has 1 aromatic carbocycles. The molecule has 3 heterocycles. The van der Waals surface area contributed by atoms with Gasteiger partial charge in [-0.25, -0.2) is 4.84 Å². The lowest BCUT2D eigenvalue weighted by Crippen LogP contribution is -2.47. The van der Waals surface area contributed by atoms with E-state index in [1.165, 1.54) is 4.90 Å². The van der Waals surface area contributed by atoms with Gasteiger partial charge in [-0.2, -0.15) is 0 Å². The van der Waals surface area contributed by atoms with Crippen LogP contribution in [0.4, 0.5) is 11.4 Å². The van der Waals surface area contributed by atoms with Crippen LogP contribution in [0.2, 0.25) is 0 Å². The number of hydrogen-bond donors (Lipinski definition) is 1. The van der Waals surface area contributed by atoms with E-state index in [1.54, 1.807) is 38.2 Å². The average molecular weight is 668 g/mol. The fourth-order valence-corrected chi connectivity index (χ4v) is 5.68. The smallest absolute Gasteiger partial charge is 0.257 e. The predicted octanol–water partition coefficient (Wildman–Crippen LogP) is 4.63. The maximum absolute atomic E-state index is 13.1. The highest BCUT2D eigenvalue weighted by Crippen LogP contribution is 2.40. The topological polar surface area (TPSA) is 108 Å². The summed E-state index contributed by atoms with van der Waals surface area (Å²) in [6.07, 6.45) is 3.86. The largest absolute Gasteiger partial charge is 0.493 e. The van der Waals surface area contributed by atoms with Crippen LogP contribution in [0.3, 0.4) is 0 Å². The summed E-state index contributed by atoms with van der Waals surface area (Å²) in [6.45, 7) is 8.67. The van der Waals surface area contributed by atoms with E-state index < -0.39 is 17.4 Å². The zero-order valence-corrected chi connectivity index (χ0v) is 27.5. The maximum Gasteiger partial charge on any atom is 0.257 e. The lowest BCUT2D eigenvalue weighted by atomic mass is 9.90. The van der Waals surface area contributed by atoms with Gasteiger partial charge in [0.2, 0.25) is 17.9 Å². The van der Waals surface area contributed by atoms with E-state index in [0.29, 0.717) is 56.3 Å². The molecule has 2 aliphatic rings. The molecule has 11 nitrogen and oxygen atoms in total. The number of benzene rings is 1. The molecule has 1 aromatic heterocycles. The van der Waals surface area contributed by atoms with Crippen LogP contribution in [0.15, 0.2) is 52.9 Å². The summed E-state index contributed by atoms with van der Waals surface area (Å²) >= 11 is 17.7. The first-order valence-corrected chi connectivity index (χ1v) is 15.5. The Hall–Kier alpha value is -3.09. The molecule has 1 N–H and O–H groups in total. The van der Waals surface area contributed by atoms with Crippen molar-refractivity contribution >= 4 is 64.1 Å². The number of aromatic nitrogens is 1. The lowest BCUT2D eigenvalue weighted by Gasteiger charge is -2.27. The van der Waals surface area contributed by atoms with E-state index in [1.807, 2.05) is 37.3 Å². The van der Waals surface area contributed by atoms with Crippen LogP contribution in [-0.4, -0.2) is 78.1 Å². The molecule has 2 aromatic rings. The quantitative estimate of drug-likeness (QED) is 0.143. The summed E-state index contributed by atoms with van der Waals surface area (Å²) in [6, 6.07) is 9.41. The van der Waals surface area contributed by atoms with Crippen molar-refractivity contribution in [3.63, 3.8) is 0 Å². The van der Waals surface area contributed by atoms with Crippen LogP contribution in [-0.2, 0) is 25.8 Å². The third-order valence-electron chi connectivity index (χ3n) is 7.55. The number of pyridine rings is 1. The highest BCUT2D eigenvalue weighted by atomic mass is 35.5. The molecule has 1 atom stereocenters. The number of amides is 3. The number of nitrogens with one attached hydrogen (secondary N) is 1. The molecule has 0 fully saturated rings. The second-order valence-electron chi connectivity index (χ2n) is 11.0. The Balaban J connectivity index is 1.32. The minimum atomic E-state index is -1.17. The summed E-state index contributed by atoms with van der Waals surface area (Å²) in [7, 11) is 1.69. The Labute approximate surface area is 272 Å². The van der Waals surface area contributed by atoms with Gasteiger partial charge in [-0.05, 0) is 63.4 Å². The number of nitrogens with zero attached hydrogens (tertiary/aromatic N) is 5. The second kappa shape index (κ2) is 14.8. The van der Waals surface area contributed by atoms with E-state index in [9.17, 15) is 14.4 Å². The van der Waals surface area contributed by atoms with Gasteiger partial charge in [-0.15, -0.1) is 4.58 Å². The van der Waals surface area contributed by atoms with E-state index in [2.05, 4.69) is 15.2 Å². The van der Waals surface area contributed by atoms with Crippen molar-refractivity contribution in [2.24, 2.45) is 5.41 Å². The summed E-state index contributed by atoms with van der Waals surface area (Å²) < 4.78 is 6.84. The molecule has 238 valence electrons. The van der Waals surface area contributed by atoms with Gasteiger partial charge in [0.1, 0.15) is 11.2 Å². The Morgan fingerprint density at radius 2 is 1.80 bits per heavy atom. The zero-order valence-electron chi connectivity index (χ0n) is 25.2. The molecule has 1 unspecified atom stereocenters. The Kier molecular flexibility index (Phi) is 11.4. The van der Waals surface area contributed by atoms with Gasteiger partial charge in [-0.3, -0.25) is 24.3 Å². The Bertz CT molecular complexity index is 1390. The molecular formula is C30H37Cl3N6O5. The number of hydrogen-bond acceptors (Lipinski definition) is 8. The van der Waals surface area contributed by atoms with Crippen molar-refractivity contribution < 1.29 is 24.0 Å². The maximum atomic E-state index is 13.1. The van der Waals surface area contributed by atoms with Gasteiger partial charge >= 0.3 is 0 Å². The van der Waals surface area contributed by atoms with Crippen LogP contribution < -0.4 is 19.9 Å². The van der Waals surface area contributed by atoms with Gasteiger partial charge in [0.05, 0.1) is 23.0 Å². The van der Waals surface area contributed by atoms with E-state index in [4.69, 9.17) is 44.6 Å². The number of rotatable bonds is 13. The minimum absolute atomic E-state index is 0.0335. The lowest BCUT2D eigenvalue weighted by molar-refractivity contribution is -0.141. The van der Waals surface area contributed by atoms with Crippen LogP contribution in [0.25, 0.3) is 0 Å². The third-order valence-corrected chi connectivity index (χ3v) is 8.71. The summed E-state index contributed by atoms with van der Waals surface area (Å²) in [5, 5.41) is 2.81. The molecular weight excluding hydrogens is 631 g/mol. The first kappa shape index (κ1) is 33.8. The molecule has 44 heavy (non-hydrogen) atoms. The molecule has 0 bridgehead atoms. The number of hydroxylamine groups is 1. The van der Waals surface area contributed by atoms with Crippen molar-refractivity contribution in [2.75, 3.05) is 49.6 Å². The van der Waals surface area contributed by atoms with Gasteiger partial charge in [0, 0.05) is 70.0 Å². The number of carbonyl (C=O) groups excluding carboxylic acids is 3. The van der Waals surface area contributed by atoms with Crippen molar-refractivity contribution in [3.8, 4) is 5.75 Å². The average Bonchev–Trinajstić information content (AvgIpc) is 3.26. The molecule has 3 amide bonds.